The summed E-state index contributed by atoms with van der Waals surface area (Å²) in [6.45, 7) is 16.1. The van der Waals surface area contributed by atoms with Crippen LogP contribution in [0.25, 0.3) is 21.5 Å². The van der Waals surface area contributed by atoms with E-state index in [4.69, 9.17) is 4.79 Å². The summed E-state index contributed by atoms with van der Waals surface area (Å²) in [4.78, 5) is 19.9. The Kier molecular flexibility index (Phi) is 15.8. The van der Waals surface area contributed by atoms with E-state index in [1.54, 1.807) is 0 Å². The molecule has 0 fully saturated rings. The summed E-state index contributed by atoms with van der Waals surface area (Å²) >= 11 is 0. The molecular formula is C41H48N2O3. The number of hydrogen-bond acceptors (Lipinski definition) is 5. The van der Waals surface area contributed by atoms with Gasteiger partial charge in [0.15, 0.2) is 0 Å². The van der Waals surface area contributed by atoms with Gasteiger partial charge in [0.25, 0.3) is 0 Å². The molecule has 1 atom stereocenters. The molecule has 0 saturated heterocycles. The van der Waals surface area contributed by atoms with Gasteiger partial charge in [0, 0.05) is 17.7 Å². The van der Waals surface area contributed by atoms with Crippen molar-refractivity contribution in [3.05, 3.63) is 154 Å². The van der Waals surface area contributed by atoms with E-state index >= 15 is 0 Å². The second-order valence-corrected chi connectivity index (χ2v) is 11.1. The van der Waals surface area contributed by atoms with Crippen molar-refractivity contribution in [2.24, 2.45) is 11.1 Å². The lowest BCUT2D eigenvalue weighted by Gasteiger charge is -2.21. The lowest BCUT2D eigenvalue weighted by atomic mass is 9.94. The molecule has 0 aliphatic carbocycles. The number of fused-ring (bicyclic) bond motifs is 2. The summed E-state index contributed by atoms with van der Waals surface area (Å²) in [5, 5.41) is 22.5. The Labute approximate surface area is 274 Å². The molecule has 0 aliphatic rings. The van der Waals surface area contributed by atoms with E-state index in [1.807, 2.05) is 89.1 Å². The van der Waals surface area contributed by atoms with Gasteiger partial charge in [-0.2, -0.15) is 0 Å². The summed E-state index contributed by atoms with van der Waals surface area (Å²) in [6, 6.07) is 36.8. The Morgan fingerprint density at radius 2 is 1.30 bits per heavy atom. The maximum absolute atomic E-state index is 11.9. The Morgan fingerprint density at radius 1 is 0.783 bits per heavy atom. The Bertz CT molecular complexity index is 1730. The summed E-state index contributed by atoms with van der Waals surface area (Å²) in [5.41, 5.74) is 5.93. The fourth-order valence-corrected chi connectivity index (χ4v) is 5.21. The molecule has 0 saturated carbocycles. The molecule has 5 rings (SSSR count). The highest BCUT2D eigenvalue weighted by Gasteiger charge is 2.20. The van der Waals surface area contributed by atoms with Crippen LogP contribution < -0.4 is 5.32 Å². The second-order valence-electron chi connectivity index (χ2n) is 11.1. The monoisotopic (exact) mass is 616 g/mol. The maximum atomic E-state index is 11.9. The molecule has 0 aromatic heterocycles. The number of aryl methyl sites for hydroxylation is 2. The largest absolute Gasteiger partial charge is 0.370 e. The number of aliphatic hydroxyl groups excluding tert-OH is 1. The summed E-state index contributed by atoms with van der Waals surface area (Å²) in [6.07, 6.45) is 1.36. The number of aliphatic hydroxyl groups is 1. The van der Waals surface area contributed by atoms with Crippen molar-refractivity contribution < 1.29 is 9.90 Å². The topological polar surface area (TPSA) is 78.8 Å². The minimum Gasteiger partial charge on any atom is -0.370 e. The molecule has 5 heteroatoms. The number of nitroso groups, excluding NO2 is 1. The first-order chi connectivity index (χ1) is 22.3. The van der Waals surface area contributed by atoms with Gasteiger partial charge in [0.1, 0.15) is 18.7 Å². The van der Waals surface area contributed by atoms with Crippen LogP contribution >= 0.6 is 0 Å². The number of carbonyl (C=O) groups excluding carboxylic acids is 1. The molecule has 240 valence electrons. The average Bonchev–Trinajstić information content (AvgIpc) is 3.08. The number of anilines is 1. The average molecular weight is 617 g/mol. The van der Waals surface area contributed by atoms with E-state index in [1.165, 1.54) is 16.3 Å². The minimum atomic E-state index is -1.05. The van der Waals surface area contributed by atoms with Crippen molar-refractivity contribution in [2.45, 2.75) is 61.1 Å². The standard InChI is InChI=1S/C27H30N2O2.C11H10.C2H6.CH2O/c1-18(2)16-20(4)26(29-31)25(27(30)28-23-14-12-19(3)13-15-23)17-22-10-7-9-21-8-5-6-11-24(21)22;1-9-5-4-7-10-6-2-3-8-11(9)10;2*1-2/h5-16,18,27-28,30H,17H2,1-4H3;2-8H,1H3;1-2H3;1H2/b20-16-,26-25+;;;. The van der Waals surface area contributed by atoms with Crippen LogP contribution in [0.5, 0.6) is 0 Å². The van der Waals surface area contributed by atoms with Gasteiger partial charge < -0.3 is 15.2 Å². The van der Waals surface area contributed by atoms with Crippen LogP contribution in [0.1, 0.15) is 51.3 Å². The van der Waals surface area contributed by atoms with Gasteiger partial charge in [-0.05, 0) is 82.2 Å². The first kappa shape index (κ1) is 37.3. The van der Waals surface area contributed by atoms with Crippen LogP contribution in [0.4, 0.5) is 5.69 Å². The smallest absolute Gasteiger partial charge is 0.149 e. The molecule has 0 spiro atoms. The van der Waals surface area contributed by atoms with Crippen LogP contribution in [-0.2, 0) is 11.2 Å². The van der Waals surface area contributed by atoms with Gasteiger partial charge in [-0.15, -0.1) is 4.91 Å². The molecule has 0 amide bonds. The fourth-order valence-electron chi connectivity index (χ4n) is 5.21. The second kappa shape index (κ2) is 19.5. The molecule has 5 nitrogen and oxygen atoms in total. The lowest BCUT2D eigenvalue weighted by molar-refractivity contribution is -0.0980. The van der Waals surface area contributed by atoms with Gasteiger partial charge >= 0.3 is 0 Å². The number of hydrogen-bond donors (Lipinski definition) is 2. The quantitative estimate of drug-likeness (QED) is 0.103. The molecular weight excluding hydrogens is 568 g/mol. The summed E-state index contributed by atoms with van der Waals surface area (Å²) in [7, 11) is 0. The maximum Gasteiger partial charge on any atom is 0.149 e. The Hall–Kier alpha value is -4.87. The summed E-state index contributed by atoms with van der Waals surface area (Å²) < 4.78 is 0. The SMILES string of the molecule is C=O.CC.CC(=C/C(C)C)/C(N=O)=C(/Cc1cccc2ccccc12)C(O)Nc1ccc(C)cc1.Cc1cccc2ccccc12. The van der Waals surface area contributed by atoms with Crippen molar-refractivity contribution in [3.63, 3.8) is 0 Å². The third kappa shape index (κ3) is 10.6. The van der Waals surface area contributed by atoms with Crippen LogP contribution in [0.3, 0.4) is 0 Å². The van der Waals surface area contributed by atoms with Crippen LogP contribution in [-0.4, -0.2) is 18.1 Å². The molecule has 0 heterocycles. The zero-order valence-electron chi connectivity index (χ0n) is 28.2. The minimum absolute atomic E-state index is 0.262. The number of allylic oxidation sites excluding steroid dienone is 2. The first-order valence-electron chi connectivity index (χ1n) is 15.7. The van der Waals surface area contributed by atoms with Crippen molar-refractivity contribution >= 4 is 34.0 Å². The van der Waals surface area contributed by atoms with Crippen molar-refractivity contribution in [1.29, 1.82) is 0 Å². The van der Waals surface area contributed by atoms with Gasteiger partial charge in [-0.1, -0.05) is 136 Å². The molecule has 5 aromatic carbocycles. The lowest BCUT2D eigenvalue weighted by Crippen LogP contribution is -2.24. The van der Waals surface area contributed by atoms with Gasteiger partial charge in [0.2, 0.25) is 0 Å². The number of nitrogens with one attached hydrogen (secondary N) is 1. The summed E-state index contributed by atoms with van der Waals surface area (Å²) in [5.74, 6) is 0.262. The number of rotatable bonds is 8. The van der Waals surface area contributed by atoms with E-state index in [2.05, 4.69) is 91.9 Å². The third-order valence-electron chi connectivity index (χ3n) is 7.31. The first-order valence-corrected chi connectivity index (χ1v) is 15.7. The highest BCUT2D eigenvalue weighted by atomic mass is 16.3. The van der Waals surface area contributed by atoms with Gasteiger partial charge in [-0.25, -0.2) is 0 Å². The van der Waals surface area contributed by atoms with Crippen molar-refractivity contribution in [1.82, 2.24) is 0 Å². The normalized spacial score (nSPS) is 12.0. The fraction of sp³-hybridized carbons (Fsp3) is 0.244. The van der Waals surface area contributed by atoms with Crippen LogP contribution in [0.15, 0.2) is 137 Å². The number of nitrogens with zero attached hydrogens (tertiary/aromatic N) is 1. The predicted molar refractivity (Wildman–Crippen MR) is 197 cm³/mol. The zero-order chi connectivity index (χ0) is 34.1. The van der Waals surface area contributed by atoms with E-state index < -0.39 is 6.23 Å². The van der Waals surface area contributed by atoms with E-state index in [-0.39, 0.29) is 5.92 Å². The Balaban J connectivity index is 0.000000406. The molecule has 1 unspecified atom stereocenters. The van der Waals surface area contributed by atoms with Gasteiger partial charge in [0.05, 0.1) is 0 Å². The van der Waals surface area contributed by atoms with Crippen LogP contribution in [0.2, 0.25) is 0 Å². The van der Waals surface area contributed by atoms with E-state index in [9.17, 15) is 10.0 Å². The van der Waals surface area contributed by atoms with Crippen molar-refractivity contribution in [3.8, 4) is 0 Å². The van der Waals surface area contributed by atoms with Crippen molar-refractivity contribution in [2.75, 3.05) is 5.32 Å². The highest BCUT2D eigenvalue weighted by molar-refractivity contribution is 5.86. The predicted octanol–water partition coefficient (Wildman–Crippen LogP) is 10.7. The van der Waals surface area contributed by atoms with E-state index in [0.29, 0.717) is 17.7 Å². The molecule has 46 heavy (non-hydrogen) atoms. The molecule has 2 N–H and O–H groups in total. The molecule has 0 bridgehead atoms. The molecule has 0 radical (unpaired) electrons. The van der Waals surface area contributed by atoms with Crippen LogP contribution in [0, 0.1) is 24.7 Å². The van der Waals surface area contributed by atoms with Gasteiger partial charge in [-0.3, -0.25) is 0 Å². The number of benzene rings is 5. The highest BCUT2D eigenvalue weighted by Crippen LogP contribution is 2.28. The van der Waals surface area contributed by atoms with E-state index in [0.717, 1.165) is 33.2 Å². The molecule has 5 aromatic rings. The third-order valence-corrected chi connectivity index (χ3v) is 7.31. The number of carbonyl (C=O) groups is 1. The molecule has 0 aliphatic heterocycles. The zero-order valence-corrected chi connectivity index (χ0v) is 28.2. The Morgan fingerprint density at radius 3 is 1.87 bits per heavy atom.